The van der Waals surface area contributed by atoms with Crippen LogP contribution in [0.1, 0.15) is 84.8 Å². The van der Waals surface area contributed by atoms with Crippen LogP contribution in [0, 0.1) is 5.92 Å². The fourth-order valence-electron chi connectivity index (χ4n) is 6.85. The highest BCUT2D eigenvalue weighted by Crippen LogP contribution is 2.45. The van der Waals surface area contributed by atoms with E-state index in [0.717, 1.165) is 37.7 Å². The second-order valence-electron chi connectivity index (χ2n) is 11.3. The number of ketones is 1. The van der Waals surface area contributed by atoms with Crippen molar-refractivity contribution in [3.63, 3.8) is 0 Å². The molecule has 0 radical (unpaired) electrons. The predicted molar refractivity (Wildman–Crippen MR) is 146 cm³/mol. The van der Waals surface area contributed by atoms with Crippen molar-refractivity contribution in [3.05, 3.63) is 95.1 Å². The number of rotatable bonds is 5. The summed E-state index contributed by atoms with van der Waals surface area (Å²) in [7, 11) is 0. The minimum atomic E-state index is -0.218. The van der Waals surface area contributed by atoms with Crippen LogP contribution in [-0.2, 0) is 4.74 Å². The molecular formula is C33H35NO3. The second kappa shape index (κ2) is 9.81. The number of amides is 1. The number of ether oxygens (including phenoxy) is 1. The number of carbonyl (C=O) groups is 2. The highest BCUT2D eigenvalue weighted by atomic mass is 16.6. The molecule has 0 saturated carbocycles. The molecular weight excluding hydrogens is 458 g/mol. The normalized spacial score (nSPS) is 22.5. The molecule has 3 aromatic carbocycles. The summed E-state index contributed by atoms with van der Waals surface area (Å²) in [6, 6.07) is 25.1. The average Bonchev–Trinajstić information content (AvgIpc) is 3.24. The Bertz CT molecular complexity index is 1270. The van der Waals surface area contributed by atoms with Crippen molar-refractivity contribution in [1.82, 2.24) is 4.90 Å². The quantitative estimate of drug-likeness (QED) is 0.344. The van der Waals surface area contributed by atoms with E-state index in [9.17, 15) is 9.59 Å². The molecule has 2 aliphatic heterocycles. The maximum atomic E-state index is 13.5. The summed E-state index contributed by atoms with van der Waals surface area (Å²) >= 11 is 0. The number of piperidine rings is 2. The van der Waals surface area contributed by atoms with Gasteiger partial charge in [-0.25, -0.2) is 4.79 Å². The molecule has 4 nitrogen and oxygen atoms in total. The Morgan fingerprint density at radius 3 is 2.11 bits per heavy atom. The lowest BCUT2D eigenvalue weighted by atomic mass is 9.75. The fourth-order valence-corrected chi connectivity index (χ4v) is 6.85. The van der Waals surface area contributed by atoms with Gasteiger partial charge >= 0.3 is 6.09 Å². The molecule has 0 spiro atoms. The molecule has 1 aliphatic carbocycles. The van der Waals surface area contributed by atoms with Gasteiger partial charge in [-0.1, -0.05) is 80.6 Å². The zero-order chi connectivity index (χ0) is 25.5. The molecule has 3 aliphatic rings. The van der Waals surface area contributed by atoms with Gasteiger partial charge in [-0.15, -0.1) is 0 Å². The summed E-state index contributed by atoms with van der Waals surface area (Å²) in [5.41, 5.74) is 6.92. The summed E-state index contributed by atoms with van der Waals surface area (Å²) in [5, 5.41) is 0. The van der Waals surface area contributed by atoms with Gasteiger partial charge in [0.05, 0.1) is 0 Å². The third-order valence-corrected chi connectivity index (χ3v) is 8.73. The zero-order valence-corrected chi connectivity index (χ0v) is 21.7. The molecule has 6 rings (SSSR count). The first-order valence-electron chi connectivity index (χ1n) is 13.8. The molecule has 0 N–H and O–H groups in total. The van der Waals surface area contributed by atoms with Crippen LogP contribution in [0.3, 0.4) is 0 Å². The number of Topliss-reactive ketones (excluding diaryl/α,β-unsaturated/α-hetero) is 1. The molecule has 190 valence electrons. The molecule has 0 aromatic heterocycles. The number of benzene rings is 3. The smallest absolute Gasteiger partial charge is 0.410 e. The van der Waals surface area contributed by atoms with E-state index in [4.69, 9.17) is 4.74 Å². The van der Waals surface area contributed by atoms with Crippen LogP contribution in [0.25, 0.3) is 11.1 Å². The van der Waals surface area contributed by atoms with E-state index in [1.54, 1.807) is 0 Å². The van der Waals surface area contributed by atoms with Crippen molar-refractivity contribution in [2.45, 2.75) is 69.9 Å². The maximum Gasteiger partial charge on any atom is 0.410 e. The molecule has 37 heavy (non-hydrogen) atoms. The first kappa shape index (κ1) is 24.0. The highest BCUT2D eigenvalue weighted by Gasteiger charge is 2.44. The summed E-state index contributed by atoms with van der Waals surface area (Å²) < 4.78 is 6.04. The number of hydrogen-bond acceptors (Lipinski definition) is 3. The lowest BCUT2D eigenvalue weighted by Gasteiger charge is -2.47. The van der Waals surface area contributed by atoms with E-state index in [1.807, 2.05) is 17.0 Å². The Morgan fingerprint density at radius 2 is 1.49 bits per heavy atom. The number of hydrogen-bond donors (Lipinski definition) is 0. The minimum absolute atomic E-state index is 0.0321. The van der Waals surface area contributed by atoms with E-state index < -0.39 is 0 Å². The van der Waals surface area contributed by atoms with E-state index >= 15 is 0 Å². The van der Waals surface area contributed by atoms with Gasteiger partial charge in [-0.05, 0) is 71.9 Å². The lowest BCUT2D eigenvalue weighted by Crippen LogP contribution is -2.55. The minimum Gasteiger partial charge on any atom is -0.448 e. The summed E-state index contributed by atoms with van der Waals surface area (Å²) in [5.74, 6) is 0.646. The Hall–Kier alpha value is -3.40. The zero-order valence-electron chi connectivity index (χ0n) is 21.7. The van der Waals surface area contributed by atoms with E-state index in [0.29, 0.717) is 12.5 Å². The summed E-state index contributed by atoms with van der Waals surface area (Å²) in [4.78, 5) is 28.9. The Kier molecular flexibility index (Phi) is 6.36. The van der Waals surface area contributed by atoms with Crippen LogP contribution in [0.2, 0.25) is 0 Å². The van der Waals surface area contributed by atoms with Crippen LogP contribution in [0.15, 0.2) is 72.8 Å². The van der Waals surface area contributed by atoms with Gasteiger partial charge in [0.2, 0.25) is 0 Å². The predicted octanol–water partition coefficient (Wildman–Crippen LogP) is 7.57. The van der Waals surface area contributed by atoms with Crippen molar-refractivity contribution >= 4 is 11.9 Å². The molecule has 2 fully saturated rings. The van der Waals surface area contributed by atoms with Crippen molar-refractivity contribution in [1.29, 1.82) is 0 Å². The maximum absolute atomic E-state index is 13.5. The van der Waals surface area contributed by atoms with Crippen molar-refractivity contribution in [3.8, 4) is 11.1 Å². The SMILES string of the molecule is CC(C)c1cccc(C(=O)C2CC3CCCC(C2)N3C(=O)OCC2c3ccccc3-c3ccccc32)c1. The summed E-state index contributed by atoms with van der Waals surface area (Å²) in [6.07, 6.45) is 4.22. The standard InChI is InChI=1S/C33H35NO3/c1-21(2)22-9-7-10-23(17-22)32(35)24-18-25-11-8-12-26(19-24)34(25)33(36)37-20-31-29-15-5-3-13-27(29)28-14-4-6-16-30(28)31/h3-7,9-10,13-17,21,24-26,31H,8,11-12,18-20H2,1-2H3. The number of carbonyl (C=O) groups excluding carboxylic acids is 2. The highest BCUT2D eigenvalue weighted by molar-refractivity contribution is 5.98. The number of fused-ring (bicyclic) bond motifs is 5. The molecule has 2 heterocycles. The third-order valence-electron chi connectivity index (χ3n) is 8.73. The third kappa shape index (κ3) is 4.37. The molecule has 2 atom stereocenters. The lowest BCUT2D eigenvalue weighted by molar-refractivity contribution is 0.00651. The average molecular weight is 494 g/mol. The monoisotopic (exact) mass is 493 g/mol. The van der Waals surface area contributed by atoms with Crippen molar-refractivity contribution in [2.75, 3.05) is 6.61 Å². The van der Waals surface area contributed by atoms with Crippen LogP contribution >= 0.6 is 0 Å². The van der Waals surface area contributed by atoms with Gasteiger partial charge in [-0.3, -0.25) is 4.79 Å². The second-order valence-corrected chi connectivity index (χ2v) is 11.3. The topological polar surface area (TPSA) is 46.6 Å². The molecule has 3 aromatic rings. The molecule has 2 unspecified atom stereocenters. The number of nitrogens with zero attached hydrogens (tertiary/aromatic N) is 1. The van der Waals surface area contributed by atoms with Crippen LogP contribution in [0.5, 0.6) is 0 Å². The van der Waals surface area contributed by atoms with Crippen LogP contribution in [0.4, 0.5) is 4.79 Å². The van der Waals surface area contributed by atoms with Gasteiger partial charge in [-0.2, -0.15) is 0 Å². The van der Waals surface area contributed by atoms with E-state index in [1.165, 1.54) is 27.8 Å². The van der Waals surface area contributed by atoms with E-state index in [2.05, 4.69) is 74.5 Å². The Labute approximate surface area is 219 Å². The molecule has 4 heteroatoms. The van der Waals surface area contributed by atoms with Gasteiger partial charge in [0.25, 0.3) is 0 Å². The van der Waals surface area contributed by atoms with Gasteiger partial charge in [0.15, 0.2) is 5.78 Å². The first-order chi connectivity index (χ1) is 18.0. The molecule has 1 amide bonds. The molecule has 2 bridgehead atoms. The summed E-state index contributed by atoms with van der Waals surface area (Å²) in [6.45, 7) is 4.65. The van der Waals surface area contributed by atoms with Gasteiger partial charge < -0.3 is 9.64 Å². The fraction of sp³-hybridized carbons (Fsp3) is 0.394. The Balaban J connectivity index is 1.16. The first-order valence-corrected chi connectivity index (χ1v) is 13.8. The van der Waals surface area contributed by atoms with Gasteiger partial charge in [0, 0.05) is 29.5 Å². The van der Waals surface area contributed by atoms with Crippen molar-refractivity contribution in [2.24, 2.45) is 5.92 Å². The van der Waals surface area contributed by atoms with Crippen molar-refractivity contribution < 1.29 is 14.3 Å². The van der Waals surface area contributed by atoms with Crippen LogP contribution in [-0.4, -0.2) is 35.5 Å². The molecule has 2 saturated heterocycles. The largest absolute Gasteiger partial charge is 0.448 e. The van der Waals surface area contributed by atoms with Gasteiger partial charge in [0.1, 0.15) is 6.61 Å². The Morgan fingerprint density at radius 1 is 0.865 bits per heavy atom. The van der Waals surface area contributed by atoms with E-state index in [-0.39, 0.29) is 35.8 Å². The van der Waals surface area contributed by atoms with Crippen LogP contribution < -0.4 is 0 Å².